The number of carbonyl (C=O) groups is 1. The quantitative estimate of drug-likeness (QED) is 0.282. The molecule has 168 valence electrons. The molecule has 0 atom stereocenters. The summed E-state index contributed by atoms with van der Waals surface area (Å²) < 4.78 is 0. The van der Waals surface area contributed by atoms with E-state index >= 15 is 0 Å². The van der Waals surface area contributed by atoms with Crippen molar-refractivity contribution >= 4 is 41.5 Å². The van der Waals surface area contributed by atoms with E-state index in [1.54, 1.807) is 0 Å². The highest BCUT2D eigenvalue weighted by Gasteiger charge is 2.24. The molecule has 0 bridgehead atoms. The van der Waals surface area contributed by atoms with Crippen LogP contribution in [0.1, 0.15) is 18.3 Å². The van der Waals surface area contributed by atoms with Crippen molar-refractivity contribution in [1.82, 2.24) is 20.2 Å². The van der Waals surface area contributed by atoms with Gasteiger partial charge in [-0.2, -0.15) is 0 Å². The van der Waals surface area contributed by atoms with Gasteiger partial charge in [-0.3, -0.25) is 4.79 Å². The first-order valence-corrected chi connectivity index (χ1v) is 10.6. The molecule has 0 radical (unpaired) electrons. The number of imidazole rings is 1. The third-order valence-corrected chi connectivity index (χ3v) is 5.35. The Labute approximate surface area is 206 Å². The van der Waals surface area contributed by atoms with Crippen LogP contribution in [0.2, 0.25) is 0 Å². The van der Waals surface area contributed by atoms with E-state index in [9.17, 15) is 4.79 Å². The predicted molar refractivity (Wildman–Crippen MR) is 139 cm³/mol. The number of aromatic nitrogens is 2. The molecule has 32 heavy (non-hydrogen) atoms. The van der Waals surface area contributed by atoms with Gasteiger partial charge in [0.05, 0.1) is 18.4 Å². The fraction of sp³-hybridized carbons (Fsp3) is 0.292. The van der Waals surface area contributed by atoms with Gasteiger partial charge in [-0.15, -0.1) is 24.0 Å². The number of aliphatic imine (C=N–C) groups is 1. The first-order chi connectivity index (χ1) is 15.2. The van der Waals surface area contributed by atoms with Crippen molar-refractivity contribution in [2.24, 2.45) is 4.99 Å². The van der Waals surface area contributed by atoms with Gasteiger partial charge in [0, 0.05) is 25.8 Å². The molecule has 0 unspecified atom stereocenters. The Morgan fingerprint density at radius 3 is 2.72 bits per heavy atom. The number of carbonyl (C=O) groups excluding carboxylic acids is 1. The molecule has 1 amide bonds. The topological polar surface area (TPSA) is 76.6 Å². The van der Waals surface area contributed by atoms with E-state index in [0.29, 0.717) is 12.5 Å². The third kappa shape index (κ3) is 5.48. The van der Waals surface area contributed by atoms with Crippen molar-refractivity contribution in [1.29, 1.82) is 0 Å². The minimum atomic E-state index is 0. The molecule has 3 aromatic rings. The zero-order chi connectivity index (χ0) is 21.6. The molecule has 2 heterocycles. The van der Waals surface area contributed by atoms with Gasteiger partial charge in [-0.25, -0.2) is 9.98 Å². The van der Waals surface area contributed by atoms with Crippen molar-refractivity contribution in [2.75, 3.05) is 31.6 Å². The van der Waals surface area contributed by atoms with Crippen molar-refractivity contribution in [3.05, 3.63) is 72.2 Å². The van der Waals surface area contributed by atoms with E-state index in [4.69, 9.17) is 0 Å². The molecule has 0 spiro atoms. The highest BCUT2D eigenvalue weighted by molar-refractivity contribution is 14.0. The predicted octanol–water partition coefficient (Wildman–Crippen LogP) is 3.68. The van der Waals surface area contributed by atoms with E-state index < -0.39 is 0 Å². The molecule has 0 fully saturated rings. The summed E-state index contributed by atoms with van der Waals surface area (Å²) in [7, 11) is 1.95. The average Bonchev–Trinajstić information content (AvgIpc) is 3.44. The maximum absolute atomic E-state index is 12.8. The van der Waals surface area contributed by atoms with Gasteiger partial charge in [0.25, 0.3) is 0 Å². The second kappa shape index (κ2) is 11.1. The maximum Gasteiger partial charge on any atom is 0.248 e. The van der Waals surface area contributed by atoms with Crippen LogP contribution in [-0.2, 0) is 17.8 Å². The number of halogens is 1. The van der Waals surface area contributed by atoms with Crippen LogP contribution in [0.5, 0.6) is 0 Å². The van der Waals surface area contributed by atoms with Gasteiger partial charge in [0.15, 0.2) is 5.96 Å². The first kappa shape index (κ1) is 23.8. The van der Waals surface area contributed by atoms with Crippen LogP contribution < -0.4 is 10.2 Å². The Morgan fingerprint density at radius 2 is 1.94 bits per heavy atom. The van der Waals surface area contributed by atoms with E-state index in [1.807, 2.05) is 66.4 Å². The number of hydrogen-bond acceptors (Lipinski definition) is 3. The molecule has 1 aliphatic rings. The number of rotatable bonds is 6. The summed E-state index contributed by atoms with van der Waals surface area (Å²) in [5, 5.41) is 3.27. The van der Waals surface area contributed by atoms with E-state index in [-0.39, 0.29) is 36.4 Å². The molecule has 1 aromatic heterocycles. The number of H-pyrrole nitrogens is 1. The number of amides is 1. The number of nitrogens with zero attached hydrogens (tertiary/aromatic N) is 4. The summed E-state index contributed by atoms with van der Waals surface area (Å²) in [6.07, 6.45) is 2.74. The molecule has 0 saturated carbocycles. The Morgan fingerprint density at radius 1 is 1.19 bits per heavy atom. The summed E-state index contributed by atoms with van der Waals surface area (Å²) >= 11 is 0. The summed E-state index contributed by atoms with van der Waals surface area (Å²) in [5.74, 6) is 1.53. The lowest BCUT2D eigenvalue weighted by atomic mass is 10.2. The lowest BCUT2D eigenvalue weighted by molar-refractivity contribution is -0.117. The van der Waals surface area contributed by atoms with Gasteiger partial charge in [0.2, 0.25) is 5.91 Å². The highest BCUT2D eigenvalue weighted by Crippen LogP contribution is 2.27. The SMILES string of the molecule is CCNC(=NCC(=O)N1CCc2ccccc21)N(C)Cc1ncc(-c2ccccc2)[nH]1.I. The standard InChI is InChI=1S/C24H28N6O.HI/c1-3-25-24(27-16-23(31)30-14-13-19-11-7-8-12-21(19)30)29(2)17-22-26-15-20(28-22)18-9-5-4-6-10-18;/h4-12,15H,3,13-14,16-17H2,1-2H3,(H,25,27)(H,26,28);1H. The molecule has 8 heteroatoms. The van der Waals surface area contributed by atoms with Gasteiger partial charge >= 0.3 is 0 Å². The second-order valence-corrected chi connectivity index (χ2v) is 7.56. The molecule has 7 nitrogen and oxygen atoms in total. The van der Waals surface area contributed by atoms with Crippen molar-refractivity contribution in [3.8, 4) is 11.3 Å². The molecule has 2 N–H and O–H groups in total. The maximum atomic E-state index is 12.8. The monoisotopic (exact) mass is 544 g/mol. The normalized spacial score (nSPS) is 12.8. The van der Waals surface area contributed by atoms with E-state index in [2.05, 4.69) is 38.5 Å². The fourth-order valence-corrected chi connectivity index (χ4v) is 3.80. The molecule has 2 aromatic carbocycles. The molecular weight excluding hydrogens is 515 g/mol. The Hall–Kier alpha value is -2.88. The van der Waals surface area contributed by atoms with Crippen LogP contribution in [0.25, 0.3) is 11.3 Å². The number of hydrogen-bond donors (Lipinski definition) is 2. The van der Waals surface area contributed by atoms with Crippen LogP contribution in [0, 0.1) is 0 Å². The van der Waals surface area contributed by atoms with E-state index in [0.717, 1.165) is 42.3 Å². The van der Waals surface area contributed by atoms with Crippen molar-refractivity contribution in [3.63, 3.8) is 0 Å². The summed E-state index contributed by atoms with van der Waals surface area (Å²) in [5.41, 5.74) is 4.30. The van der Waals surface area contributed by atoms with Crippen LogP contribution in [-0.4, -0.2) is 53.4 Å². The minimum Gasteiger partial charge on any atom is -0.357 e. The van der Waals surface area contributed by atoms with Gasteiger partial charge < -0.3 is 20.1 Å². The number of guanidine groups is 1. The van der Waals surface area contributed by atoms with Crippen LogP contribution >= 0.6 is 24.0 Å². The first-order valence-electron chi connectivity index (χ1n) is 10.6. The third-order valence-electron chi connectivity index (χ3n) is 5.35. The summed E-state index contributed by atoms with van der Waals surface area (Å²) in [4.78, 5) is 29.1. The Balaban J connectivity index is 0.00000289. The number of aromatic amines is 1. The van der Waals surface area contributed by atoms with Gasteiger partial charge in [-0.05, 0) is 30.5 Å². The van der Waals surface area contributed by atoms with Crippen LogP contribution in [0.15, 0.2) is 65.8 Å². The Kier molecular flexibility index (Phi) is 8.26. The zero-order valence-corrected chi connectivity index (χ0v) is 20.7. The molecule has 4 rings (SSSR count). The zero-order valence-electron chi connectivity index (χ0n) is 18.4. The van der Waals surface area contributed by atoms with Crippen molar-refractivity contribution < 1.29 is 4.79 Å². The smallest absolute Gasteiger partial charge is 0.248 e. The summed E-state index contributed by atoms with van der Waals surface area (Å²) in [6, 6.07) is 18.2. The van der Waals surface area contributed by atoms with Crippen LogP contribution in [0.3, 0.4) is 0 Å². The number of anilines is 1. The fourth-order valence-electron chi connectivity index (χ4n) is 3.80. The molecule has 0 aliphatic carbocycles. The lowest BCUT2D eigenvalue weighted by Crippen LogP contribution is -2.40. The summed E-state index contributed by atoms with van der Waals surface area (Å²) in [6.45, 7) is 4.11. The van der Waals surface area contributed by atoms with Crippen molar-refractivity contribution in [2.45, 2.75) is 19.9 Å². The lowest BCUT2D eigenvalue weighted by Gasteiger charge is -2.22. The molecular formula is C24H29IN6O. The van der Waals surface area contributed by atoms with Gasteiger partial charge in [0.1, 0.15) is 12.4 Å². The highest BCUT2D eigenvalue weighted by atomic mass is 127. The second-order valence-electron chi connectivity index (χ2n) is 7.56. The largest absolute Gasteiger partial charge is 0.357 e. The molecule has 0 saturated heterocycles. The van der Waals surface area contributed by atoms with E-state index in [1.165, 1.54) is 5.56 Å². The number of fused-ring (bicyclic) bond motifs is 1. The number of para-hydroxylation sites is 1. The number of nitrogens with one attached hydrogen (secondary N) is 2. The van der Waals surface area contributed by atoms with Gasteiger partial charge in [-0.1, -0.05) is 48.5 Å². The average molecular weight is 544 g/mol. The Bertz CT molecular complexity index is 1070. The minimum absolute atomic E-state index is 0. The molecule has 1 aliphatic heterocycles. The number of benzene rings is 2. The van der Waals surface area contributed by atoms with Crippen LogP contribution in [0.4, 0.5) is 5.69 Å².